The number of hydrogen-bond donors (Lipinski definition) is 1. The molecule has 0 bridgehead atoms. The minimum absolute atomic E-state index is 0.347. The van der Waals surface area contributed by atoms with Crippen LogP contribution in [-0.4, -0.2) is 42.7 Å². The summed E-state index contributed by atoms with van der Waals surface area (Å²) in [4.78, 5) is 0. The maximum absolute atomic E-state index is 6.05. The Morgan fingerprint density at radius 2 is 2.10 bits per heavy atom. The van der Waals surface area contributed by atoms with Gasteiger partial charge in [0.15, 0.2) is 0 Å². The molecule has 1 aromatic heterocycles. The zero-order valence-electron chi connectivity index (χ0n) is 12.1. The van der Waals surface area contributed by atoms with Gasteiger partial charge in [-0.3, -0.25) is 0 Å². The van der Waals surface area contributed by atoms with Gasteiger partial charge in [0.1, 0.15) is 0 Å². The summed E-state index contributed by atoms with van der Waals surface area (Å²) in [5.41, 5.74) is 0.395. The van der Waals surface area contributed by atoms with Crippen molar-refractivity contribution in [3.63, 3.8) is 0 Å². The zero-order chi connectivity index (χ0) is 13.8. The molecule has 1 aromatic rings. The van der Waals surface area contributed by atoms with Crippen LogP contribution in [0.1, 0.15) is 38.0 Å². The lowest BCUT2D eigenvalue weighted by Crippen LogP contribution is -2.40. The third kappa shape index (κ3) is 3.30. The van der Waals surface area contributed by atoms with Crippen molar-refractivity contribution in [2.75, 3.05) is 31.7 Å². The number of nitrogens with zero attached hydrogens (tertiary/aromatic N) is 2. The Labute approximate surface area is 119 Å². The zero-order valence-corrected chi connectivity index (χ0v) is 12.1. The number of nitrogens with one attached hydrogen (secondary N) is 1. The fourth-order valence-electron chi connectivity index (χ4n) is 3.05. The molecule has 1 unspecified atom stereocenters. The number of hydrogen-bond acceptors (Lipinski definition) is 6. The maximum Gasteiger partial charge on any atom is 0.315 e. The molecule has 2 fully saturated rings. The van der Waals surface area contributed by atoms with Crippen LogP contribution in [-0.2, 0) is 9.47 Å². The van der Waals surface area contributed by atoms with E-state index in [9.17, 15) is 0 Å². The SMILES string of the molecule is Cc1nnc(NCCC2CCC3(CCOCC3)CO2)o1. The normalized spacial score (nSPS) is 25.8. The van der Waals surface area contributed by atoms with Crippen molar-refractivity contribution < 1.29 is 13.9 Å². The standard InChI is InChI=1S/C14H23N3O3/c1-11-16-17-13(20-11)15-7-3-12-2-4-14(10-19-12)5-8-18-9-6-14/h12H,2-10H2,1H3,(H,15,17). The van der Waals surface area contributed by atoms with Gasteiger partial charge in [-0.05, 0) is 37.5 Å². The molecule has 2 aliphatic heterocycles. The predicted molar refractivity (Wildman–Crippen MR) is 73.6 cm³/mol. The molecule has 1 atom stereocenters. The average Bonchev–Trinajstić information content (AvgIpc) is 2.88. The third-order valence-electron chi connectivity index (χ3n) is 4.44. The fraction of sp³-hybridized carbons (Fsp3) is 0.857. The Bertz CT molecular complexity index is 419. The topological polar surface area (TPSA) is 69.4 Å². The molecular formula is C14H23N3O3. The van der Waals surface area contributed by atoms with Gasteiger partial charge in [-0.1, -0.05) is 5.10 Å². The molecule has 6 heteroatoms. The molecule has 112 valence electrons. The monoisotopic (exact) mass is 281 g/mol. The Balaban J connectivity index is 1.38. The van der Waals surface area contributed by atoms with Gasteiger partial charge in [-0.15, -0.1) is 5.10 Å². The van der Waals surface area contributed by atoms with Crippen LogP contribution in [0.4, 0.5) is 6.01 Å². The predicted octanol–water partition coefficient (Wildman–Crippen LogP) is 2.16. The molecule has 2 aliphatic rings. The van der Waals surface area contributed by atoms with Gasteiger partial charge < -0.3 is 19.2 Å². The number of aromatic nitrogens is 2. The van der Waals surface area contributed by atoms with E-state index in [1.54, 1.807) is 6.92 Å². The van der Waals surface area contributed by atoms with E-state index in [0.717, 1.165) is 52.0 Å². The summed E-state index contributed by atoms with van der Waals surface area (Å²) in [6.07, 6.45) is 6.04. The lowest BCUT2D eigenvalue weighted by molar-refractivity contribution is -0.106. The third-order valence-corrected chi connectivity index (χ3v) is 4.44. The highest BCUT2D eigenvalue weighted by molar-refractivity contribution is 5.16. The highest BCUT2D eigenvalue weighted by Crippen LogP contribution is 2.40. The van der Waals surface area contributed by atoms with Crippen LogP contribution in [0.25, 0.3) is 0 Å². The minimum atomic E-state index is 0.347. The number of aryl methyl sites for hydroxylation is 1. The fourth-order valence-corrected chi connectivity index (χ4v) is 3.05. The van der Waals surface area contributed by atoms with Crippen molar-refractivity contribution in [3.05, 3.63) is 5.89 Å². The van der Waals surface area contributed by atoms with E-state index in [2.05, 4.69) is 15.5 Å². The molecule has 0 saturated carbocycles. The summed E-state index contributed by atoms with van der Waals surface area (Å²) in [5, 5.41) is 10.8. The van der Waals surface area contributed by atoms with Crippen molar-refractivity contribution in [3.8, 4) is 0 Å². The molecule has 3 rings (SSSR count). The van der Waals surface area contributed by atoms with Crippen LogP contribution in [0.3, 0.4) is 0 Å². The highest BCUT2D eigenvalue weighted by Gasteiger charge is 2.37. The van der Waals surface area contributed by atoms with Gasteiger partial charge in [0.25, 0.3) is 0 Å². The Kier molecular flexibility index (Phi) is 4.21. The molecule has 0 aliphatic carbocycles. The van der Waals surface area contributed by atoms with E-state index < -0.39 is 0 Å². The van der Waals surface area contributed by atoms with Crippen molar-refractivity contribution >= 4 is 6.01 Å². The van der Waals surface area contributed by atoms with E-state index in [-0.39, 0.29) is 0 Å². The summed E-state index contributed by atoms with van der Waals surface area (Å²) in [6.45, 7) is 5.27. The van der Waals surface area contributed by atoms with Crippen molar-refractivity contribution in [2.24, 2.45) is 5.41 Å². The van der Waals surface area contributed by atoms with Crippen LogP contribution in [0.5, 0.6) is 0 Å². The lowest BCUT2D eigenvalue weighted by atomic mass is 9.75. The molecular weight excluding hydrogens is 258 g/mol. The van der Waals surface area contributed by atoms with Gasteiger partial charge in [-0.25, -0.2) is 0 Å². The Morgan fingerprint density at radius 1 is 1.25 bits per heavy atom. The van der Waals surface area contributed by atoms with Crippen LogP contribution in [0.2, 0.25) is 0 Å². The van der Waals surface area contributed by atoms with Crippen LogP contribution in [0.15, 0.2) is 4.42 Å². The molecule has 0 radical (unpaired) electrons. The first kappa shape index (κ1) is 13.8. The van der Waals surface area contributed by atoms with Gasteiger partial charge in [0, 0.05) is 26.7 Å². The first-order valence-corrected chi connectivity index (χ1v) is 7.49. The number of anilines is 1. The summed E-state index contributed by atoms with van der Waals surface area (Å²) >= 11 is 0. The molecule has 1 N–H and O–H groups in total. The van der Waals surface area contributed by atoms with Gasteiger partial charge in [-0.2, -0.15) is 0 Å². The Hall–Kier alpha value is -1.14. The molecule has 1 spiro atoms. The van der Waals surface area contributed by atoms with Gasteiger partial charge >= 0.3 is 6.01 Å². The van der Waals surface area contributed by atoms with E-state index in [1.165, 1.54) is 6.42 Å². The number of rotatable bonds is 4. The second-order valence-corrected chi connectivity index (χ2v) is 5.93. The largest absolute Gasteiger partial charge is 0.408 e. The molecule has 0 aromatic carbocycles. The quantitative estimate of drug-likeness (QED) is 0.912. The maximum atomic E-state index is 6.05. The van der Waals surface area contributed by atoms with Crippen LogP contribution in [0, 0.1) is 12.3 Å². The number of ether oxygens (including phenoxy) is 2. The van der Waals surface area contributed by atoms with Crippen molar-refractivity contribution in [2.45, 2.75) is 45.1 Å². The smallest absolute Gasteiger partial charge is 0.315 e. The first-order chi connectivity index (χ1) is 9.76. The summed E-state index contributed by atoms with van der Waals surface area (Å²) in [6, 6.07) is 0.499. The first-order valence-electron chi connectivity index (χ1n) is 7.49. The van der Waals surface area contributed by atoms with Crippen LogP contribution >= 0.6 is 0 Å². The summed E-state index contributed by atoms with van der Waals surface area (Å²) in [7, 11) is 0. The van der Waals surface area contributed by atoms with Crippen molar-refractivity contribution in [1.82, 2.24) is 10.2 Å². The molecule has 3 heterocycles. The van der Waals surface area contributed by atoms with Crippen LogP contribution < -0.4 is 5.32 Å². The molecule has 0 amide bonds. The van der Waals surface area contributed by atoms with E-state index in [1.807, 2.05) is 0 Å². The van der Waals surface area contributed by atoms with E-state index >= 15 is 0 Å². The minimum Gasteiger partial charge on any atom is -0.408 e. The Morgan fingerprint density at radius 3 is 2.75 bits per heavy atom. The molecule has 6 nitrogen and oxygen atoms in total. The molecule has 2 saturated heterocycles. The average molecular weight is 281 g/mol. The van der Waals surface area contributed by atoms with Gasteiger partial charge in [0.2, 0.25) is 5.89 Å². The van der Waals surface area contributed by atoms with E-state index in [4.69, 9.17) is 13.9 Å². The second kappa shape index (κ2) is 6.10. The summed E-state index contributed by atoms with van der Waals surface area (Å²) in [5.74, 6) is 0.586. The second-order valence-electron chi connectivity index (χ2n) is 5.93. The highest BCUT2D eigenvalue weighted by atomic mass is 16.5. The van der Waals surface area contributed by atoms with E-state index in [0.29, 0.717) is 23.4 Å². The summed E-state index contributed by atoms with van der Waals surface area (Å²) < 4.78 is 16.8. The van der Waals surface area contributed by atoms with Crippen molar-refractivity contribution in [1.29, 1.82) is 0 Å². The van der Waals surface area contributed by atoms with Gasteiger partial charge in [0.05, 0.1) is 12.7 Å². The molecule has 20 heavy (non-hydrogen) atoms. The lowest BCUT2D eigenvalue weighted by Gasteiger charge is -2.42.